The van der Waals surface area contributed by atoms with E-state index in [4.69, 9.17) is 9.84 Å². The van der Waals surface area contributed by atoms with Crippen LogP contribution in [0.1, 0.15) is 26.3 Å². The lowest BCUT2D eigenvalue weighted by Crippen LogP contribution is -2.25. The molecule has 0 unspecified atom stereocenters. The van der Waals surface area contributed by atoms with Crippen LogP contribution in [0.4, 0.5) is 5.69 Å². The first-order chi connectivity index (χ1) is 11.4. The number of carboxylic acid groups (broad SMARTS) is 1. The molecule has 0 saturated carbocycles. The van der Waals surface area contributed by atoms with E-state index >= 15 is 0 Å². The summed E-state index contributed by atoms with van der Waals surface area (Å²) in [5.41, 5.74) is -0.153. The normalized spacial score (nSPS) is 10.0. The molecule has 2 aromatic carbocycles. The maximum Gasteiger partial charge on any atom is 0.336 e. The van der Waals surface area contributed by atoms with Gasteiger partial charge in [-0.1, -0.05) is 12.1 Å². The number of aromatic carboxylic acids is 1. The highest BCUT2D eigenvalue weighted by molar-refractivity contribution is 6.05. The Morgan fingerprint density at radius 1 is 1.17 bits per heavy atom. The molecule has 0 saturated heterocycles. The molecule has 0 spiro atoms. The highest BCUT2D eigenvalue weighted by atomic mass is 16.6. The van der Waals surface area contributed by atoms with Gasteiger partial charge >= 0.3 is 5.97 Å². The van der Waals surface area contributed by atoms with Crippen LogP contribution in [0.2, 0.25) is 0 Å². The van der Waals surface area contributed by atoms with Crippen molar-refractivity contribution in [3.05, 3.63) is 69.3 Å². The standard InChI is InChI=1S/C16H14N2O6/c1-24-12-5-2-10(3-6-12)9-17-15(19)13-7-4-11(18(22)23)8-14(13)16(20)21/h2-8H,9H2,1H3,(H,17,19)(H,20,21). The summed E-state index contributed by atoms with van der Waals surface area (Å²) in [6.07, 6.45) is 0. The fourth-order valence-electron chi connectivity index (χ4n) is 2.04. The number of nitrogens with one attached hydrogen (secondary N) is 1. The van der Waals surface area contributed by atoms with Crippen LogP contribution in [0.5, 0.6) is 5.75 Å². The second-order valence-electron chi connectivity index (χ2n) is 4.82. The van der Waals surface area contributed by atoms with Crippen LogP contribution in [-0.2, 0) is 6.54 Å². The summed E-state index contributed by atoms with van der Waals surface area (Å²) < 4.78 is 5.03. The molecule has 0 fully saturated rings. The van der Waals surface area contributed by atoms with Crippen LogP contribution < -0.4 is 10.1 Å². The van der Waals surface area contributed by atoms with E-state index in [9.17, 15) is 19.7 Å². The van der Waals surface area contributed by atoms with Crippen LogP contribution in [0, 0.1) is 10.1 Å². The first-order valence-electron chi connectivity index (χ1n) is 6.85. The maximum absolute atomic E-state index is 12.2. The molecule has 1 amide bonds. The molecule has 0 aliphatic carbocycles. The Balaban J connectivity index is 2.16. The van der Waals surface area contributed by atoms with Crippen LogP contribution in [0.15, 0.2) is 42.5 Å². The van der Waals surface area contributed by atoms with Gasteiger partial charge in [0.1, 0.15) is 5.75 Å². The van der Waals surface area contributed by atoms with Crippen molar-refractivity contribution in [2.45, 2.75) is 6.54 Å². The number of ether oxygens (including phenoxy) is 1. The summed E-state index contributed by atoms with van der Waals surface area (Å²) in [4.78, 5) is 33.4. The number of carbonyl (C=O) groups excluding carboxylic acids is 1. The van der Waals surface area contributed by atoms with E-state index in [1.54, 1.807) is 31.4 Å². The number of nitro groups is 1. The zero-order valence-electron chi connectivity index (χ0n) is 12.7. The van der Waals surface area contributed by atoms with Crippen molar-refractivity contribution < 1.29 is 24.4 Å². The molecule has 0 bridgehead atoms. The molecule has 8 nitrogen and oxygen atoms in total. The van der Waals surface area contributed by atoms with Gasteiger partial charge in [-0.2, -0.15) is 0 Å². The Hall–Kier alpha value is -3.42. The minimum absolute atomic E-state index is 0.137. The molecular formula is C16H14N2O6. The second-order valence-corrected chi connectivity index (χ2v) is 4.82. The van der Waals surface area contributed by atoms with E-state index in [1.807, 2.05) is 0 Å². The van der Waals surface area contributed by atoms with Crippen molar-refractivity contribution in [2.24, 2.45) is 0 Å². The van der Waals surface area contributed by atoms with Gasteiger partial charge in [-0.3, -0.25) is 14.9 Å². The zero-order chi connectivity index (χ0) is 17.7. The molecular weight excluding hydrogens is 316 g/mol. The van der Waals surface area contributed by atoms with E-state index in [2.05, 4.69) is 5.32 Å². The number of amides is 1. The molecule has 0 atom stereocenters. The summed E-state index contributed by atoms with van der Waals surface area (Å²) in [5.74, 6) is -1.36. The van der Waals surface area contributed by atoms with E-state index in [0.29, 0.717) is 5.75 Å². The highest BCUT2D eigenvalue weighted by Gasteiger charge is 2.20. The third-order valence-corrected chi connectivity index (χ3v) is 3.30. The number of carbonyl (C=O) groups is 2. The van der Waals surface area contributed by atoms with Gasteiger partial charge in [-0.15, -0.1) is 0 Å². The molecule has 0 aliphatic rings. The SMILES string of the molecule is COc1ccc(CNC(=O)c2ccc([N+](=O)[O-])cc2C(=O)O)cc1. The zero-order valence-corrected chi connectivity index (χ0v) is 12.7. The molecule has 2 rings (SSSR count). The van der Waals surface area contributed by atoms with Crippen LogP contribution in [-0.4, -0.2) is 29.0 Å². The number of nitro benzene ring substituents is 1. The van der Waals surface area contributed by atoms with E-state index in [-0.39, 0.29) is 17.8 Å². The van der Waals surface area contributed by atoms with E-state index in [0.717, 1.165) is 23.8 Å². The van der Waals surface area contributed by atoms with Gasteiger partial charge in [0, 0.05) is 18.7 Å². The fourth-order valence-corrected chi connectivity index (χ4v) is 2.04. The van der Waals surface area contributed by atoms with Crippen molar-refractivity contribution in [2.75, 3.05) is 7.11 Å². The van der Waals surface area contributed by atoms with Crippen LogP contribution >= 0.6 is 0 Å². The van der Waals surface area contributed by atoms with Gasteiger partial charge in [0.25, 0.3) is 11.6 Å². The summed E-state index contributed by atoms with van der Waals surface area (Å²) in [6.45, 7) is 0.179. The van der Waals surface area contributed by atoms with Gasteiger partial charge in [-0.25, -0.2) is 4.79 Å². The topological polar surface area (TPSA) is 119 Å². The Morgan fingerprint density at radius 3 is 2.38 bits per heavy atom. The molecule has 0 radical (unpaired) electrons. The van der Waals surface area contributed by atoms with Crippen molar-refractivity contribution in [1.29, 1.82) is 0 Å². The Labute approximate surface area is 136 Å². The summed E-state index contributed by atoms with van der Waals surface area (Å²) in [7, 11) is 1.54. The van der Waals surface area contributed by atoms with E-state index < -0.39 is 22.4 Å². The predicted octanol–water partition coefficient (Wildman–Crippen LogP) is 2.23. The lowest BCUT2D eigenvalue weighted by Gasteiger charge is -2.08. The number of non-ortho nitro benzene ring substituents is 1. The summed E-state index contributed by atoms with van der Waals surface area (Å²) in [5, 5.41) is 22.5. The Bertz CT molecular complexity index is 786. The molecule has 2 aromatic rings. The van der Waals surface area contributed by atoms with Crippen LogP contribution in [0.25, 0.3) is 0 Å². The van der Waals surface area contributed by atoms with Gasteiger partial charge in [-0.05, 0) is 23.8 Å². The number of hydrogen-bond donors (Lipinski definition) is 2. The first kappa shape index (κ1) is 16.9. The maximum atomic E-state index is 12.2. The van der Waals surface area contributed by atoms with Gasteiger partial charge in [0.2, 0.25) is 0 Å². The van der Waals surface area contributed by atoms with Gasteiger partial charge in [0.15, 0.2) is 0 Å². The molecule has 8 heteroatoms. The van der Waals surface area contributed by atoms with Gasteiger partial charge in [0.05, 0.1) is 23.2 Å². The highest BCUT2D eigenvalue weighted by Crippen LogP contribution is 2.18. The summed E-state index contributed by atoms with van der Waals surface area (Å²) in [6, 6.07) is 10.1. The lowest BCUT2D eigenvalue weighted by atomic mass is 10.1. The molecule has 24 heavy (non-hydrogen) atoms. The first-order valence-corrected chi connectivity index (χ1v) is 6.85. The monoisotopic (exact) mass is 330 g/mol. The van der Waals surface area contributed by atoms with Crippen LogP contribution in [0.3, 0.4) is 0 Å². The van der Waals surface area contributed by atoms with Crippen molar-refractivity contribution in [3.8, 4) is 5.75 Å². The smallest absolute Gasteiger partial charge is 0.336 e. The minimum Gasteiger partial charge on any atom is -0.497 e. The molecule has 124 valence electrons. The Kier molecular flexibility index (Phi) is 5.10. The second kappa shape index (κ2) is 7.23. The third-order valence-electron chi connectivity index (χ3n) is 3.30. The molecule has 0 aromatic heterocycles. The van der Waals surface area contributed by atoms with Gasteiger partial charge < -0.3 is 15.2 Å². The molecule has 0 heterocycles. The largest absolute Gasteiger partial charge is 0.497 e. The number of nitrogens with zero attached hydrogens (tertiary/aromatic N) is 1. The predicted molar refractivity (Wildman–Crippen MR) is 84.2 cm³/mol. The number of carboxylic acids is 1. The Morgan fingerprint density at radius 2 is 1.83 bits per heavy atom. The summed E-state index contributed by atoms with van der Waals surface area (Å²) >= 11 is 0. The quantitative estimate of drug-likeness (QED) is 0.619. The third kappa shape index (κ3) is 3.86. The number of methoxy groups -OCH3 is 1. The van der Waals surface area contributed by atoms with Crippen molar-refractivity contribution in [1.82, 2.24) is 5.32 Å². The van der Waals surface area contributed by atoms with Crippen molar-refractivity contribution >= 4 is 17.6 Å². The average molecular weight is 330 g/mol. The fraction of sp³-hybridized carbons (Fsp3) is 0.125. The minimum atomic E-state index is -1.41. The average Bonchev–Trinajstić information content (AvgIpc) is 2.59. The number of hydrogen-bond acceptors (Lipinski definition) is 5. The lowest BCUT2D eigenvalue weighted by molar-refractivity contribution is -0.384. The number of benzene rings is 2. The van der Waals surface area contributed by atoms with Crippen molar-refractivity contribution in [3.63, 3.8) is 0 Å². The number of rotatable bonds is 6. The molecule has 0 aliphatic heterocycles. The molecule has 2 N–H and O–H groups in total. The van der Waals surface area contributed by atoms with E-state index in [1.165, 1.54) is 0 Å².